The van der Waals surface area contributed by atoms with Crippen LogP contribution in [-0.4, -0.2) is 42.5 Å². The Labute approximate surface area is 115 Å². The summed E-state index contributed by atoms with van der Waals surface area (Å²) in [5, 5.41) is 11.6. The van der Waals surface area contributed by atoms with Gasteiger partial charge in [-0.1, -0.05) is 6.92 Å². The molecule has 0 atom stereocenters. The molecule has 1 aromatic carbocycles. The maximum Gasteiger partial charge on any atom is 0.335 e. The summed E-state index contributed by atoms with van der Waals surface area (Å²) in [6, 6.07) is 4.52. The Bertz CT molecular complexity index is 735. The molecular formula is C12H14N2O5S. The number of oxazole rings is 1. The fourth-order valence-electron chi connectivity index (χ4n) is 1.59. The van der Waals surface area contributed by atoms with Gasteiger partial charge < -0.3 is 14.8 Å². The molecule has 2 rings (SSSR count). The number of hydrogen-bond acceptors (Lipinski definition) is 6. The first kappa shape index (κ1) is 14.3. The molecular weight excluding hydrogens is 284 g/mol. The van der Waals surface area contributed by atoms with E-state index in [0.717, 1.165) is 0 Å². The Morgan fingerprint density at radius 1 is 1.45 bits per heavy atom. The summed E-state index contributed by atoms with van der Waals surface area (Å²) < 4.78 is 28.0. The van der Waals surface area contributed by atoms with Gasteiger partial charge in [0.05, 0.1) is 11.3 Å². The average molecular weight is 298 g/mol. The molecule has 20 heavy (non-hydrogen) atoms. The SMILES string of the molecule is CCS(=O)(=O)CCNc1nc2ccc(C(=O)O)cc2o1. The second kappa shape index (κ2) is 5.49. The van der Waals surface area contributed by atoms with E-state index < -0.39 is 15.8 Å². The average Bonchev–Trinajstić information content (AvgIpc) is 2.79. The Kier molecular flexibility index (Phi) is 3.93. The zero-order valence-electron chi connectivity index (χ0n) is 10.8. The fraction of sp³-hybridized carbons (Fsp3) is 0.333. The van der Waals surface area contributed by atoms with Crippen molar-refractivity contribution in [3.8, 4) is 0 Å². The second-order valence-corrected chi connectivity index (χ2v) is 6.64. The van der Waals surface area contributed by atoms with Gasteiger partial charge in [-0.15, -0.1) is 0 Å². The zero-order valence-corrected chi connectivity index (χ0v) is 11.6. The van der Waals surface area contributed by atoms with Crippen molar-refractivity contribution in [3.63, 3.8) is 0 Å². The first-order chi connectivity index (χ1) is 9.41. The van der Waals surface area contributed by atoms with Gasteiger partial charge in [-0.2, -0.15) is 4.98 Å². The van der Waals surface area contributed by atoms with Crippen LogP contribution in [0.25, 0.3) is 11.1 Å². The maximum atomic E-state index is 11.3. The Morgan fingerprint density at radius 3 is 2.85 bits per heavy atom. The van der Waals surface area contributed by atoms with E-state index in [-0.39, 0.29) is 29.6 Å². The van der Waals surface area contributed by atoms with Crippen LogP contribution in [0.2, 0.25) is 0 Å². The van der Waals surface area contributed by atoms with Crippen LogP contribution in [-0.2, 0) is 9.84 Å². The molecule has 7 nitrogen and oxygen atoms in total. The molecule has 0 bridgehead atoms. The van der Waals surface area contributed by atoms with Crippen molar-refractivity contribution in [1.82, 2.24) is 4.98 Å². The van der Waals surface area contributed by atoms with Crippen molar-refractivity contribution in [3.05, 3.63) is 23.8 Å². The molecule has 0 radical (unpaired) electrons. The Balaban J connectivity index is 2.10. The quantitative estimate of drug-likeness (QED) is 0.828. The van der Waals surface area contributed by atoms with Crippen LogP contribution in [0.5, 0.6) is 0 Å². The standard InChI is InChI=1S/C12H14N2O5S/c1-2-20(17,18)6-5-13-12-14-9-4-3-8(11(15)16)7-10(9)19-12/h3-4,7H,2,5-6H2,1H3,(H,13,14)(H,15,16). The number of benzene rings is 1. The third kappa shape index (κ3) is 3.27. The van der Waals surface area contributed by atoms with Crippen LogP contribution in [0, 0.1) is 0 Å². The van der Waals surface area contributed by atoms with E-state index in [1.165, 1.54) is 18.2 Å². The van der Waals surface area contributed by atoms with Gasteiger partial charge in [0, 0.05) is 12.3 Å². The summed E-state index contributed by atoms with van der Waals surface area (Å²) in [5.41, 5.74) is 0.954. The van der Waals surface area contributed by atoms with Gasteiger partial charge in [-0.25, -0.2) is 13.2 Å². The molecule has 0 amide bonds. The van der Waals surface area contributed by atoms with Crippen molar-refractivity contribution in [2.45, 2.75) is 6.92 Å². The summed E-state index contributed by atoms with van der Waals surface area (Å²) in [4.78, 5) is 14.9. The van der Waals surface area contributed by atoms with Crippen LogP contribution in [0.1, 0.15) is 17.3 Å². The molecule has 108 valence electrons. The van der Waals surface area contributed by atoms with Crippen LogP contribution < -0.4 is 5.32 Å². The second-order valence-electron chi connectivity index (χ2n) is 4.17. The van der Waals surface area contributed by atoms with Crippen molar-refractivity contribution in [1.29, 1.82) is 0 Å². The lowest BCUT2D eigenvalue weighted by atomic mass is 10.2. The topological polar surface area (TPSA) is 110 Å². The number of aromatic nitrogens is 1. The van der Waals surface area contributed by atoms with Crippen molar-refractivity contribution in [2.24, 2.45) is 0 Å². The molecule has 8 heteroatoms. The van der Waals surface area contributed by atoms with Crippen molar-refractivity contribution < 1.29 is 22.7 Å². The van der Waals surface area contributed by atoms with Crippen LogP contribution in [0.15, 0.2) is 22.6 Å². The van der Waals surface area contributed by atoms with E-state index >= 15 is 0 Å². The molecule has 0 saturated carbocycles. The molecule has 0 spiro atoms. The predicted octanol–water partition coefficient (Wildman–Crippen LogP) is 1.37. The summed E-state index contributed by atoms with van der Waals surface area (Å²) in [6.07, 6.45) is 0. The van der Waals surface area contributed by atoms with Crippen LogP contribution in [0.4, 0.5) is 6.01 Å². The van der Waals surface area contributed by atoms with Crippen LogP contribution >= 0.6 is 0 Å². The molecule has 0 unspecified atom stereocenters. The normalized spacial score (nSPS) is 11.7. The summed E-state index contributed by atoms with van der Waals surface area (Å²) in [5.74, 6) is -0.973. The van der Waals surface area contributed by atoms with Gasteiger partial charge in [-0.3, -0.25) is 0 Å². The van der Waals surface area contributed by atoms with Gasteiger partial charge in [0.2, 0.25) is 0 Å². The number of sulfone groups is 1. The van der Waals surface area contributed by atoms with Gasteiger partial charge >= 0.3 is 5.97 Å². The number of nitrogens with zero attached hydrogens (tertiary/aromatic N) is 1. The smallest absolute Gasteiger partial charge is 0.335 e. The zero-order chi connectivity index (χ0) is 14.8. The highest BCUT2D eigenvalue weighted by Gasteiger charge is 2.11. The minimum Gasteiger partial charge on any atom is -0.478 e. The third-order valence-electron chi connectivity index (χ3n) is 2.76. The maximum absolute atomic E-state index is 11.3. The van der Waals surface area contributed by atoms with E-state index in [0.29, 0.717) is 11.1 Å². The van der Waals surface area contributed by atoms with Crippen molar-refractivity contribution in [2.75, 3.05) is 23.4 Å². The fourth-order valence-corrected chi connectivity index (χ4v) is 2.29. The number of carbonyl (C=O) groups is 1. The molecule has 0 fully saturated rings. The largest absolute Gasteiger partial charge is 0.478 e. The van der Waals surface area contributed by atoms with Gasteiger partial charge in [0.15, 0.2) is 15.4 Å². The summed E-state index contributed by atoms with van der Waals surface area (Å²) in [6.45, 7) is 1.77. The van der Waals surface area contributed by atoms with Gasteiger partial charge in [-0.05, 0) is 18.2 Å². The molecule has 0 aliphatic heterocycles. The number of rotatable bonds is 6. The van der Waals surface area contributed by atoms with E-state index in [9.17, 15) is 13.2 Å². The number of nitrogens with one attached hydrogen (secondary N) is 1. The Morgan fingerprint density at radius 2 is 2.20 bits per heavy atom. The lowest BCUT2D eigenvalue weighted by molar-refractivity contribution is 0.0697. The highest BCUT2D eigenvalue weighted by atomic mass is 32.2. The van der Waals surface area contributed by atoms with Gasteiger partial charge in [0.25, 0.3) is 6.01 Å². The number of anilines is 1. The molecule has 1 heterocycles. The lowest BCUT2D eigenvalue weighted by Gasteiger charge is -2.01. The molecule has 0 saturated heterocycles. The first-order valence-electron chi connectivity index (χ1n) is 5.99. The number of fused-ring (bicyclic) bond motifs is 1. The van der Waals surface area contributed by atoms with E-state index in [4.69, 9.17) is 9.52 Å². The van der Waals surface area contributed by atoms with Crippen LogP contribution in [0.3, 0.4) is 0 Å². The van der Waals surface area contributed by atoms with E-state index in [1.54, 1.807) is 6.92 Å². The third-order valence-corrected chi connectivity index (χ3v) is 4.47. The summed E-state index contributed by atoms with van der Waals surface area (Å²) in [7, 11) is -3.05. The molecule has 1 aromatic heterocycles. The van der Waals surface area contributed by atoms with E-state index in [2.05, 4.69) is 10.3 Å². The highest BCUT2D eigenvalue weighted by Crippen LogP contribution is 2.20. The molecule has 0 aliphatic rings. The van der Waals surface area contributed by atoms with Gasteiger partial charge in [0.1, 0.15) is 5.52 Å². The highest BCUT2D eigenvalue weighted by molar-refractivity contribution is 7.91. The Hall–Kier alpha value is -2.09. The van der Waals surface area contributed by atoms with Crippen molar-refractivity contribution >= 4 is 32.9 Å². The number of aromatic carboxylic acids is 1. The number of carboxylic acids is 1. The molecule has 0 aliphatic carbocycles. The van der Waals surface area contributed by atoms with E-state index in [1.807, 2.05) is 0 Å². The monoisotopic (exact) mass is 298 g/mol. The lowest BCUT2D eigenvalue weighted by Crippen LogP contribution is -2.17. The molecule has 2 aromatic rings. The molecule has 2 N–H and O–H groups in total. The number of hydrogen-bond donors (Lipinski definition) is 2. The predicted molar refractivity (Wildman–Crippen MR) is 73.8 cm³/mol. The number of carboxylic acid groups (broad SMARTS) is 1. The minimum absolute atomic E-state index is 0.0113. The first-order valence-corrected chi connectivity index (χ1v) is 7.81. The minimum atomic E-state index is -3.05. The summed E-state index contributed by atoms with van der Waals surface area (Å²) >= 11 is 0.